The van der Waals surface area contributed by atoms with Crippen LogP contribution >= 0.6 is 0 Å². The molecular formula is C14H14Cl2O4Zr. The van der Waals surface area contributed by atoms with Gasteiger partial charge in [0.1, 0.15) is 0 Å². The van der Waals surface area contributed by atoms with Gasteiger partial charge in [-0.05, 0) is 0 Å². The average Bonchev–Trinajstić information content (AvgIpc) is 2.49. The molecule has 0 unspecified atom stereocenters. The molecule has 0 radical (unpaired) electrons. The van der Waals surface area contributed by atoms with Crippen molar-refractivity contribution in [3.63, 3.8) is 0 Å². The molecule has 0 N–H and O–H groups in total. The Bertz CT molecular complexity index is 458. The zero-order valence-corrected chi connectivity index (χ0v) is 15.5. The third-order valence-electron chi connectivity index (χ3n) is 2.44. The van der Waals surface area contributed by atoms with Crippen molar-refractivity contribution in [3.05, 3.63) is 48.5 Å². The molecule has 0 bridgehead atoms. The van der Waals surface area contributed by atoms with Crippen LogP contribution in [0.1, 0.15) is 0 Å². The van der Waals surface area contributed by atoms with E-state index in [9.17, 15) is 0 Å². The molecule has 0 aliphatic rings. The number of hydrogen-bond acceptors (Lipinski definition) is 4. The monoisotopic (exact) mass is 406 g/mol. The normalized spacial score (nSPS) is 8.48. The van der Waals surface area contributed by atoms with E-state index in [2.05, 4.69) is 0 Å². The minimum Gasteiger partial charge on any atom is -1.00 e. The predicted octanol–water partition coefficient (Wildman–Crippen LogP) is -2.92. The average molecular weight is 408 g/mol. The Balaban J connectivity index is 0.00000200. The van der Waals surface area contributed by atoms with E-state index in [1.165, 1.54) is 0 Å². The summed E-state index contributed by atoms with van der Waals surface area (Å²) in [4.78, 5) is 0. The van der Waals surface area contributed by atoms with Gasteiger partial charge < -0.3 is 24.8 Å². The van der Waals surface area contributed by atoms with E-state index >= 15 is 0 Å². The van der Waals surface area contributed by atoms with E-state index in [1.807, 2.05) is 48.5 Å². The second kappa shape index (κ2) is 10.8. The van der Waals surface area contributed by atoms with Crippen LogP contribution in [0.3, 0.4) is 0 Å². The molecule has 7 heteroatoms. The number of benzene rings is 2. The summed E-state index contributed by atoms with van der Waals surface area (Å²) in [6.45, 7) is 0. The molecule has 21 heavy (non-hydrogen) atoms. The van der Waals surface area contributed by atoms with Gasteiger partial charge in [0.05, 0.1) is 0 Å². The molecule has 2 aromatic rings. The molecule has 0 saturated heterocycles. The number of halogens is 2. The quantitative estimate of drug-likeness (QED) is 0.514. The van der Waals surface area contributed by atoms with Gasteiger partial charge in [0.15, 0.2) is 0 Å². The summed E-state index contributed by atoms with van der Waals surface area (Å²) in [6.07, 6.45) is 0. The molecule has 2 rings (SSSR count). The van der Waals surface area contributed by atoms with Crippen LogP contribution < -0.4 is 39.9 Å². The van der Waals surface area contributed by atoms with Crippen LogP contribution in [0.4, 0.5) is 0 Å². The molecule has 0 aliphatic heterocycles. The number of rotatable bonds is 6. The molecule has 0 amide bonds. The van der Waals surface area contributed by atoms with Crippen molar-refractivity contribution in [1.29, 1.82) is 0 Å². The largest absolute Gasteiger partial charge is 1.00 e. The van der Waals surface area contributed by atoms with Gasteiger partial charge in [0.2, 0.25) is 0 Å². The molecule has 0 aliphatic carbocycles. The minimum absolute atomic E-state index is 0. The smallest absolute Gasteiger partial charge is 1.00 e. The van der Waals surface area contributed by atoms with Crippen molar-refractivity contribution in [1.82, 2.24) is 0 Å². The van der Waals surface area contributed by atoms with E-state index in [4.69, 9.17) is 15.1 Å². The van der Waals surface area contributed by atoms with Crippen LogP contribution in [0, 0.1) is 0 Å². The summed E-state index contributed by atoms with van der Waals surface area (Å²) >= 11 is -1.39. The Morgan fingerprint density at radius 3 is 1.14 bits per heavy atom. The van der Waals surface area contributed by atoms with Gasteiger partial charge in [-0.2, -0.15) is 0 Å². The van der Waals surface area contributed by atoms with Crippen LogP contribution in [-0.2, 0) is 24.1 Å². The van der Waals surface area contributed by atoms with Gasteiger partial charge in [-0.25, -0.2) is 0 Å². The van der Waals surface area contributed by atoms with Gasteiger partial charge in [0, 0.05) is 0 Å². The van der Waals surface area contributed by atoms with Crippen molar-refractivity contribution < 1.29 is 64.0 Å². The van der Waals surface area contributed by atoms with Gasteiger partial charge in [-0.1, -0.05) is 0 Å². The number of methoxy groups -OCH3 is 2. The second-order valence-corrected chi connectivity index (χ2v) is 5.05. The van der Waals surface area contributed by atoms with Gasteiger partial charge >= 0.3 is 125 Å². The van der Waals surface area contributed by atoms with Gasteiger partial charge in [-0.3, -0.25) is 0 Å². The first kappa shape index (κ1) is 20.1. The molecule has 0 heterocycles. The molecule has 0 fully saturated rings. The van der Waals surface area contributed by atoms with E-state index < -0.39 is 24.1 Å². The SMILES string of the molecule is COc1ccc([O][Zr+2][O]c2ccc(OC)cc2)cc1.[Cl-].[Cl-]. The fourth-order valence-electron chi connectivity index (χ4n) is 1.40. The molecule has 0 atom stereocenters. The van der Waals surface area contributed by atoms with Crippen LogP contribution in [0.15, 0.2) is 48.5 Å². The molecular weight excluding hydrogens is 394 g/mol. The van der Waals surface area contributed by atoms with E-state index in [0.717, 1.165) is 23.0 Å². The zero-order valence-electron chi connectivity index (χ0n) is 11.5. The molecule has 4 nitrogen and oxygen atoms in total. The molecule has 0 spiro atoms. The summed E-state index contributed by atoms with van der Waals surface area (Å²) in [6, 6.07) is 14.9. The molecule has 112 valence electrons. The fraction of sp³-hybridized carbons (Fsp3) is 0.143. The minimum atomic E-state index is -1.39. The summed E-state index contributed by atoms with van der Waals surface area (Å²) < 4.78 is 21.4. The Kier molecular flexibility index (Phi) is 10.3. The number of hydrogen-bond donors (Lipinski definition) is 0. The third-order valence-corrected chi connectivity index (χ3v) is 4.01. The van der Waals surface area contributed by atoms with Crippen molar-refractivity contribution in [2.24, 2.45) is 0 Å². The molecule has 0 aromatic heterocycles. The topological polar surface area (TPSA) is 36.9 Å². The van der Waals surface area contributed by atoms with Crippen molar-refractivity contribution in [3.8, 4) is 23.0 Å². The Hall–Kier alpha value is -0.897. The van der Waals surface area contributed by atoms with Crippen LogP contribution in [0.2, 0.25) is 0 Å². The predicted molar refractivity (Wildman–Crippen MR) is 67.2 cm³/mol. The van der Waals surface area contributed by atoms with E-state index in [0.29, 0.717) is 0 Å². The zero-order chi connectivity index (χ0) is 13.5. The number of ether oxygens (including phenoxy) is 2. The Morgan fingerprint density at radius 2 is 0.857 bits per heavy atom. The summed E-state index contributed by atoms with van der Waals surface area (Å²) in [5, 5.41) is 0. The first-order valence-electron chi connectivity index (χ1n) is 5.68. The third kappa shape index (κ3) is 6.60. The summed E-state index contributed by atoms with van der Waals surface area (Å²) in [5.74, 6) is 3.24. The van der Waals surface area contributed by atoms with Crippen LogP contribution in [0.5, 0.6) is 23.0 Å². The van der Waals surface area contributed by atoms with Crippen LogP contribution in [0.25, 0.3) is 0 Å². The molecule has 2 aromatic carbocycles. The van der Waals surface area contributed by atoms with Gasteiger partial charge in [0.25, 0.3) is 0 Å². The maximum absolute atomic E-state index is 5.63. The maximum atomic E-state index is 5.63. The Labute approximate surface area is 149 Å². The standard InChI is InChI=1S/2C7H8O2.2ClH.Zr/c2*1-9-7-4-2-6(8)3-5-7;;;/h2*2-5,8H,1H3;2*1H;/q;;;;+4/p-4. The maximum Gasteiger partial charge on any atom is -1.00 e. The van der Waals surface area contributed by atoms with Crippen molar-refractivity contribution in [2.75, 3.05) is 14.2 Å². The van der Waals surface area contributed by atoms with Gasteiger partial charge in [-0.15, -0.1) is 0 Å². The van der Waals surface area contributed by atoms with E-state index in [-0.39, 0.29) is 24.8 Å². The summed E-state index contributed by atoms with van der Waals surface area (Å²) in [7, 11) is 3.28. The van der Waals surface area contributed by atoms with Crippen LogP contribution in [-0.4, -0.2) is 14.2 Å². The van der Waals surface area contributed by atoms with Crippen molar-refractivity contribution in [2.45, 2.75) is 0 Å². The second-order valence-electron chi connectivity index (χ2n) is 3.64. The van der Waals surface area contributed by atoms with E-state index in [1.54, 1.807) is 14.2 Å². The Morgan fingerprint density at radius 1 is 0.571 bits per heavy atom. The summed E-state index contributed by atoms with van der Waals surface area (Å²) in [5.41, 5.74) is 0. The fourth-order valence-corrected chi connectivity index (χ4v) is 2.65. The molecule has 0 saturated carbocycles. The first-order valence-corrected chi connectivity index (χ1v) is 7.69. The van der Waals surface area contributed by atoms with Crippen molar-refractivity contribution >= 4 is 0 Å². The first-order chi connectivity index (χ1) is 9.31.